The molecule has 2 saturated carbocycles. The summed E-state index contributed by atoms with van der Waals surface area (Å²) in [6.07, 6.45) is 3.58. The molecule has 1 N–H and O–H groups in total. The summed E-state index contributed by atoms with van der Waals surface area (Å²) < 4.78 is 0. The Hall–Kier alpha value is 0.882. The fourth-order valence-corrected chi connectivity index (χ4v) is 3.16. The average Bonchev–Trinajstić information content (AvgIpc) is 2.20. The van der Waals surface area contributed by atoms with Gasteiger partial charge in [0.2, 0.25) is 0 Å². The summed E-state index contributed by atoms with van der Waals surface area (Å²) in [6, 6.07) is 0. The fraction of sp³-hybridized carbons (Fsp3) is 1.00. The molecule has 2 aliphatic rings. The molecule has 0 spiro atoms. The summed E-state index contributed by atoms with van der Waals surface area (Å²) in [7, 11) is 0. The van der Waals surface area contributed by atoms with E-state index in [2.05, 4.69) is 20.8 Å². The van der Waals surface area contributed by atoms with Crippen LogP contribution in [0, 0.1) is 16.7 Å². The van der Waals surface area contributed by atoms with Crippen LogP contribution in [0.25, 0.3) is 0 Å². The first-order valence-corrected chi connectivity index (χ1v) is 4.66. The molecule has 70 valence electrons. The average molecular weight is 363 g/mol. The van der Waals surface area contributed by atoms with E-state index < -0.39 is 0 Å². The van der Waals surface area contributed by atoms with Crippen LogP contribution in [0.15, 0.2) is 0 Å². The van der Waals surface area contributed by atoms with Crippen LogP contribution in [0.4, 0.5) is 0 Å². The minimum absolute atomic E-state index is 0. The van der Waals surface area contributed by atoms with Crippen molar-refractivity contribution in [3.63, 3.8) is 0 Å². The SMILES string of the molecule is CC1(C)[C@@H]2CC[C@]1(C)[C@@H](O)C2.[PbH2]. The van der Waals surface area contributed by atoms with Crippen LogP contribution in [0.5, 0.6) is 0 Å². The molecule has 0 unspecified atom stereocenters. The van der Waals surface area contributed by atoms with Gasteiger partial charge in [-0.3, -0.25) is 0 Å². The molecule has 12 heavy (non-hydrogen) atoms. The van der Waals surface area contributed by atoms with Gasteiger partial charge in [-0.2, -0.15) is 0 Å². The summed E-state index contributed by atoms with van der Waals surface area (Å²) in [5.41, 5.74) is 0.601. The minimum atomic E-state index is -0.0313. The number of fused-ring (bicyclic) bond motifs is 2. The second-order valence-electron chi connectivity index (χ2n) is 5.13. The first-order valence-electron chi connectivity index (χ1n) is 4.66. The van der Waals surface area contributed by atoms with Crippen LogP contribution >= 0.6 is 0 Å². The molecule has 0 amide bonds. The summed E-state index contributed by atoms with van der Waals surface area (Å²) in [5, 5.41) is 9.81. The van der Waals surface area contributed by atoms with E-state index in [9.17, 15) is 5.11 Å². The van der Waals surface area contributed by atoms with Crippen molar-refractivity contribution in [2.45, 2.75) is 46.1 Å². The van der Waals surface area contributed by atoms with Crippen molar-refractivity contribution < 1.29 is 5.11 Å². The van der Waals surface area contributed by atoms with E-state index >= 15 is 0 Å². The molecule has 0 heterocycles. The molecule has 0 saturated heterocycles. The molecular formula is C10H20OPb. The van der Waals surface area contributed by atoms with Gasteiger partial charge in [-0.05, 0) is 36.0 Å². The van der Waals surface area contributed by atoms with E-state index in [0.29, 0.717) is 5.41 Å². The number of aliphatic hydroxyl groups excluding tert-OH is 1. The third kappa shape index (κ3) is 1.05. The second-order valence-corrected chi connectivity index (χ2v) is 5.13. The van der Waals surface area contributed by atoms with E-state index in [0.717, 1.165) is 12.3 Å². The maximum atomic E-state index is 9.81. The molecule has 2 rings (SSSR count). The van der Waals surface area contributed by atoms with Gasteiger partial charge in [0.15, 0.2) is 0 Å². The number of hydrogen-bond acceptors (Lipinski definition) is 1. The molecule has 2 fully saturated rings. The van der Waals surface area contributed by atoms with E-state index in [-0.39, 0.29) is 38.8 Å². The van der Waals surface area contributed by atoms with Crippen LogP contribution in [-0.2, 0) is 0 Å². The van der Waals surface area contributed by atoms with E-state index in [1.165, 1.54) is 12.8 Å². The summed E-state index contributed by atoms with van der Waals surface area (Å²) in [5.74, 6) is 0.780. The molecule has 2 bridgehead atoms. The zero-order valence-corrected chi connectivity index (χ0v) is 13.9. The van der Waals surface area contributed by atoms with Crippen LogP contribution in [0.2, 0.25) is 0 Å². The topological polar surface area (TPSA) is 20.2 Å². The van der Waals surface area contributed by atoms with Crippen LogP contribution in [0.3, 0.4) is 0 Å². The predicted octanol–water partition coefficient (Wildman–Crippen LogP) is 1.28. The summed E-state index contributed by atoms with van der Waals surface area (Å²) in [6.45, 7) is 6.90. The molecule has 0 aliphatic heterocycles. The Balaban J connectivity index is 0.000000720. The third-order valence-electron chi connectivity index (χ3n) is 4.75. The van der Waals surface area contributed by atoms with Gasteiger partial charge in [0.25, 0.3) is 0 Å². The molecule has 0 aromatic rings. The van der Waals surface area contributed by atoms with Gasteiger partial charge in [0.05, 0.1) is 6.10 Å². The molecule has 2 heteroatoms. The van der Waals surface area contributed by atoms with E-state index in [4.69, 9.17) is 0 Å². The summed E-state index contributed by atoms with van der Waals surface area (Å²) >= 11 is 0. The monoisotopic (exact) mass is 364 g/mol. The Morgan fingerprint density at radius 2 is 1.83 bits per heavy atom. The Labute approximate surface area is 95.1 Å². The van der Waals surface area contributed by atoms with Gasteiger partial charge in [0.1, 0.15) is 0 Å². The zero-order chi connectivity index (χ0) is 8.28. The van der Waals surface area contributed by atoms with E-state index in [1.54, 1.807) is 0 Å². The van der Waals surface area contributed by atoms with Gasteiger partial charge in [-0.15, -0.1) is 0 Å². The summed E-state index contributed by atoms with van der Waals surface area (Å²) in [4.78, 5) is 0. The van der Waals surface area contributed by atoms with Gasteiger partial charge >= 0.3 is 27.3 Å². The standard InChI is InChI=1S/C10H18O.Pb.2H/c1-9(2)7-4-5-10(9,3)8(11)6-7;;;/h7-8,11H,4-6H2,1-3H3;;;/t7-,8+,10-;;;/m1.../s1. The van der Waals surface area contributed by atoms with Crippen molar-refractivity contribution in [1.82, 2.24) is 0 Å². The van der Waals surface area contributed by atoms with Crippen molar-refractivity contribution in [2.24, 2.45) is 16.7 Å². The van der Waals surface area contributed by atoms with Crippen LogP contribution in [0.1, 0.15) is 40.0 Å². The number of rotatable bonds is 0. The normalized spacial score (nSPS) is 49.0. The maximum absolute atomic E-state index is 9.81. The van der Waals surface area contributed by atoms with Crippen molar-refractivity contribution in [2.75, 3.05) is 0 Å². The van der Waals surface area contributed by atoms with Crippen molar-refractivity contribution in [1.29, 1.82) is 0 Å². The van der Waals surface area contributed by atoms with Gasteiger partial charge in [-0.25, -0.2) is 0 Å². The number of hydrogen-bond donors (Lipinski definition) is 1. The quantitative estimate of drug-likeness (QED) is 0.643. The molecule has 2 aliphatic carbocycles. The Morgan fingerprint density at radius 1 is 1.25 bits per heavy atom. The Bertz CT molecular complexity index is 190. The van der Waals surface area contributed by atoms with Crippen molar-refractivity contribution in [3.05, 3.63) is 0 Å². The van der Waals surface area contributed by atoms with Gasteiger partial charge in [-0.1, -0.05) is 20.8 Å². The van der Waals surface area contributed by atoms with E-state index in [1.807, 2.05) is 0 Å². The first kappa shape index (κ1) is 11.0. The third-order valence-corrected chi connectivity index (χ3v) is 4.75. The molecule has 2 radical (unpaired) electrons. The number of aliphatic hydroxyl groups is 1. The molecule has 1 nitrogen and oxygen atoms in total. The molecule has 0 aromatic heterocycles. The fourth-order valence-electron chi connectivity index (χ4n) is 3.16. The van der Waals surface area contributed by atoms with Crippen LogP contribution < -0.4 is 0 Å². The van der Waals surface area contributed by atoms with Gasteiger partial charge in [0, 0.05) is 0 Å². The van der Waals surface area contributed by atoms with Gasteiger partial charge < -0.3 is 5.11 Å². The zero-order valence-electron chi connectivity index (χ0n) is 8.43. The predicted molar refractivity (Wildman–Crippen MR) is 53.8 cm³/mol. The Morgan fingerprint density at radius 3 is 2.00 bits per heavy atom. The van der Waals surface area contributed by atoms with Crippen molar-refractivity contribution >= 4 is 27.3 Å². The second kappa shape index (κ2) is 2.94. The molecule has 0 aromatic carbocycles. The van der Waals surface area contributed by atoms with Crippen molar-refractivity contribution in [3.8, 4) is 0 Å². The molecular weight excluding hydrogens is 343 g/mol. The van der Waals surface area contributed by atoms with Crippen LogP contribution in [-0.4, -0.2) is 38.5 Å². The Kier molecular flexibility index (Phi) is 2.68. The first-order chi connectivity index (χ1) is 4.98. The molecule has 3 atom stereocenters.